The van der Waals surface area contributed by atoms with Crippen molar-refractivity contribution >= 4 is 3.21 Å². The van der Waals surface area contributed by atoms with E-state index in [1.807, 2.05) is 0 Å². The van der Waals surface area contributed by atoms with Crippen molar-refractivity contribution in [3.05, 3.63) is 82.0 Å². The first kappa shape index (κ1) is 32.2. The van der Waals surface area contributed by atoms with Gasteiger partial charge in [-0.3, -0.25) is 6.08 Å². The van der Waals surface area contributed by atoms with Gasteiger partial charge in [0.25, 0.3) is 0 Å². The van der Waals surface area contributed by atoms with Gasteiger partial charge < -0.3 is 0 Å². The van der Waals surface area contributed by atoms with Crippen LogP contribution in [0, 0.1) is 23.5 Å². The Morgan fingerprint density at radius 3 is 1.82 bits per heavy atom. The molecule has 0 aromatic heterocycles. The zero-order chi connectivity index (χ0) is 29.2. The molecule has 1 saturated carbocycles. The fourth-order valence-corrected chi connectivity index (χ4v) is 6.52. The second-order valence-corrected chi connectivity index (χ2v) is 16.6. The van der Waals surface area contributed by atoms with Crippen LogP contribution in [0.3, 0.4) is 0 Å². The van der Waals surface area contributed by atoms with Gasteiger partial charge in [-0.1, -0.05) is 111 Å². The van der Waals surface area contributed by atoms with Crippen molar-refractivity contribution in [2.75, 3.05) is 0 Å². The van der Waals surface area contributed by atoms with Crippen LogP contribution in [-0.4, -0.2) is 3.21 Å². The molecule has 0 amide bonds. The van der Waals surface area contributed by atoms with Gasteiger partial charge in [0.2, 0.25) is 0 Å². The van der Waals surface area contributed by atoms with Gasteiger partial charge in [-0.2, -0.15) is 35.4 Å². The molecule has 3 aliphatic carbocycles. The van der Waals surface area contributed by atoms with Crippen molar-refractivity contribution in [1.29, 1.82) is 0 Å². The predicted molar refractivity (Wildman–Crippen MR) is 168 cm³/mol. The van der Waals surface area contributed by atoms with E-state index in [2.05, 4.69) is 125 Å². The zero-order valence-electron chi connectivity index (χ0n) is 26.8. The second kappa shape index (κ2) is 12.7. The van der Waals surface area contributed by atoms with Crippen molar-refractivity contribution in [2.45, 2.75) is 126 Å². The third-order valence-electron chi connectivity index (χ3n) is 7.99. The molecule has 208 valence electrons. The number of benzene rings is 2. The second-order valence-electron chi connectivity index (χ2n) is 14.9. The van der Waals surface area contributed by atoms with Gasteiger partial charge in [0.1, 0.15) is 0 Å². The van der Waals surface area contributed by atoms with E-state index in [1.165, 1.54) is 76.6 Å². The molecule has 0 bridgehead atoms. The number of fused-ring (bicyclic) bond motifs is 3. The van der Waals surface area contributed by atoms with Crippen LogP contribution >= 0.6 is 0 Å². The minimum absolute atomic E-state index is 0.167. The molecule has 5 rings (SSSR count). The summed E-state index contributed by atoms with van der Waals surface area (Å²) in [6.45, 7) is 24.7. The standard InChI is InChI=1S/C21H25.C11H17.C6H10.Zr/c1-20(2,3)16-7-9-18-14(12-16)11-15-13-17(21(4,5)6)8-10-19(15)18;1-8-6-9(2)10(7-8)11(3,4)5;1-2-4-6-5-3-1;/h7-10,12H,11H2,1-6H3;7-8H,1-5H3;1-5H2;/q2*-1;;+2. The van der Waals surface area contributed by atoms with Gasteiger partial charge in [-0.15, -0.1) is 11.1 Å². The molecule has 2 aromatic carbocycles. The Labute approximate surface area is 256 Å². The van der Waals surface area contributed by atoms with Crippen molar-refractivity contribution in [3.8, 4) is 11.1 Å². The van der Waals surface area contributed by atoms with Gasteiger partial charge >= 0.3 is 59.5 Å². The Morgan fingerprint density at radius 2 is 1.38 bits per heavy atom. The summed E-state index contributed by atoms with van der Waals surface area (Å²) in [6.07, 6.45) is 14.1. The molecule has 0 N–H and O–H groups in total. The minimum atomic E-state index is 0.167. The molecule has 3 aliphatic rings. The van der Waals surface area contributed by atoms with Crippen molar-refractivity contribution in [1.82, 2.24) is 0 Å². The predicted octanol–water partition coefficient (Wildman–Crippen LogP) is 10.7. The molecule has 0 saturated heterocycles. The Kier molecular flexibility index (Phi) is 10.5. The van der Waals surface area contributed by atoms with Crippen LogP contribution in [0.2, 0.25) is 0 Å². The van der Waals surface area contributed by atoms with E-state index < -0.39 is 0 Å². The Hall–Kier alpha value is -1.33. The molecule has 0 heterocycles. The van der Waals surface area contributed by atoms with E-state index in [9.17, 15) is 0 Å². The van der Waals surface area contributed by atoms with Gasteiger partial charge in [0.05, 0.1) is 0 Å². The first-order valence-corrected chi connectivity index (χ1v) is 16.3. The summed E-state index contributed by atoms with van der Waals surface area (Å²) in [7, 11) is 0. The molecule has 1 fully saturated rings. The normalized spacial score (nSPS) is 18.7. The average molecular weight is 600 g/mol. The van der Waals surface area contributed by atoms with Crippen LogP contribution in [-0.2, 0) is 41.5 Å². The van der Waals surface area contributed by atoms with Crippen LogP contribution < -0.4 is 0 Å². The summed E-state index contributed by atoms with van der Waals surface area (Å²) in [5.41, 5.74) is 11.8. The van der Waals surface area contributed by atoms with E-state index in [4.69, 9.17) is 0 Å². The van der Waals surface area contributed by atoms with E-state index in [1.54, 1.807) is 27.4 Å². The molecular weight excluding hydrogens is 548 g/mol. The molecule has 1 atom stereocenters. The molecule has 0 spiro atoms. The average Bonchev–Trinajstić information content (AvgIpc) is 3.37. The molecule has 0 aliphatic heterocycles. The molecule has 0 nitrogen and oxygen atoms in total. The Balaban J connectivity index is 0.000000194. The summed E-state index contributed by atoms with van der Waals surface area (Å²) in [4.78, 5) is 0. The van der Waals surface area contributed by atoms with Crippen LogP contribution in [0.5, 0.6) is 0 Å². The van der Waals surface area contributed by atoms with Crippen LogP contribution in [0.15, 0.2) is 47.6 Å². The fourth-order valence-electron chi connectivity index (χ4n) is 5.65. The summed E-state index contributed by atoms with van der Waals surface area (Å²) in [5.74, 6) is 0.518. The van der Waals surface area contributed by atoms with Crippen LogP contribution in [0.4, 0.5) is 0 Å². The fraction of sp³-hybridized carbons (Fsp3) is 0.553. The molecule has 1 heteroatoms. The summed E-state index contributed by atoms with van der Waals surface area (Å²) >= 11 is 1.69. The van der Waals surface area contributed by atoms with Gasteiger partial charge in [0.15, 0.2) is 0 Å². The topological polar surface area (TPSA) is 0 Å². The Morgan fingerprint density at radius 1 is 0.769 bits per heavy atom. The summed E-state index contributed by atoms with van der Waals surface area (Å²) < 4.78 is 1.80. The van der Waals surface area contributed by atoms with Crippen molar-refractivity contribution in [3.63, 3.8) is 0 Å². The Bertz CT molecular complexity index is 1160. The first-order valence-electron chi connectivity index (χ1n) is 15.1. The van der Waals surface area contributed by atoms with Gasteiger partial charge in [-0.25, -0.2) is 5.57 Å². The van der Waals surface area contributed by atoms with E-state index in [0.29, 0.717) is 11.3 Å². The first-order chi connectivity index (χ1) is 18.0. The maximum atomic E-state index is 3.67. The number of allylic oxidation sites excluding steroid dienone is 4. The van der Waals surface area contributed by atoms with E-state index >= 15 is 0 Å². The van der Waals surface area contributed by atoms with Gasteiger partial charge in [-0.05, 0) is 28.4 Å². The molecule has 2 aromatic rings. The summed E-state index contributed by atoms with van der Waals surface area (Å²) in [6, 6.07) is 15.2. The number of hydrogen-bond acceptors (Lipinski definition) is 0. The van der Waals surface area contributed by atoms with Crippen molar-refractivity contribution < 1.29 is 24.2 Å². The van der Waals surface area contributed by atoms with Crippen molar-refractivity contribution in [2.24, 2.45) is 11.3 Å². The number of hydrogen-bond donors (Lipinski definition) is 0. The zero-order valence-corrected chi connectivity index (χ0v) is 29.2. The third-order valence-corrected chi connectivity index (χ3v) is 9.22. The summed E-state index contributed by atoms with van der Waals surface area (Å²) in [5, 5.41) is 0. The number of rotatable bonds is 0. The maximum absolute atomic E-state index is 3.67. The molecular formula is C38H52Zr. The van der Waals surface area contributed by atoms with Crippen LogP contribution in [0.25, 0.3) is 11.1 Å². The quantitative estimate of drug-likeness (QED) is 0.226. The van der Waals surface area contributed by atoms with Gasteiger partial charge in [0, 0.05) is 0 Å². The van der Waals surface area contributed by atoms with E-state index in [0.717, 1.165) is 6.42 Å². The monoisotopic (exact) mass is 598 g/mol. The molecule has 39 heavy (non-hydrogen) atoms. The molecule has 0 radical (unpaired) electrons. The SMILES string of the molecule is CC(C)(C)c1[c-]c2c(cc1)-c1ccc(C(C)(C)C)cc1C2.CC1=[C-]C(C)C=C1C(C)(C)C.[Zr+2]=[C]1CCCCC1. The molecule has 1 unspecified atom stereocenters. The van der Waals surface area contributed by atoms with E-state index in [-0.39, 0.29) is 10.8 Å². The van der Waals surface area contributed by atoms with Crippen LogP contribution in [0.1, 0.15) is 131 Å². The third kappa shape index (κ3) is 8.83.